The predicted octanol–water partition coefficient (Wildman–Crippen LogP) is 2.84. The van der Waals surface area contributed by atoms with Gasteiger partial charge < -0.3 is 15.0 Å². The van der Waals surface area contributed by atoms with Gasteiger partial charge in [0.05, 0.1) is 12.8 Å². The van der Waals surface area contributed by atoms with Gasteiger partial charge in [-0.25, -0.2) is 0 Å². The molecule has 0 atom stereocenters. The highest BCUT2D eigenvalue weighted by atomic mass is 16.5. The molecule has 1 N–H and O–H groups in total. The average Bonchev–Trinajstić information content (AvgIpc) is 2.41. The minimum absolute atomic E-state index is 0.906. The monoisotopic (exact) mass is 248 g/mol. The molecule has 1 heterocycles. The van der Waals surface area contributed by atoms with Gasteiger partial charge in [-0.15, -0.1) is 0 Å². The van der Waals surface area contributed by atoms with E-state index in [-0.39, 0.29) is 0 Å². The van der Waals surface area contributed by atoms with Crippen LogP contribution in [0.5, 0.6) is 5.75 Å². The average molecular weight is 248 g/mol. The van der Waals surface area contributed by atoms with Crippen molar-refractivity contribution in [1.82, 2.24) is 4.90 Å². The number of ether oxygens (including phenoxy) is 1. The summed E-state index contributed by atoms with van der Waals surface area (Å²) in [6, 6.07) is 8.09. The fourth-order valence-electron chi connectivity index (χ4n) is 2.43. The van der Waals surface area contributed by atoms with Gasteiger partial charge in [-0.3, -0.25) is 0 Å². The zero-order valence-electron chi connectivity index (χ0n) is 11.5. The molecule has 2 rings (SSSR count). The molecular weight excluding hydrogens is 224 g/mol. The number of rotatable bonds is 5. The van der Waals surface area contributed by atoms with E-state index in [0.29, 0.717) is 0 Å². The van der Waals surface area contributed by atoms with Crippen LogP contribution in [0.1, 0.15) is 19.8 Å². The van der Waals surface area contributed by atoms with Crippen LogP contribution in [0.2, 0.25) is 0 Å². The molecule has 0 radical (unpaired) electrons. The number of nitrogens with one attached hydrogen (secondary N) is 1. The quantitative estimate of drug-likeness (QED) is 0.867. The molecule has 0 saturated carbocycles. The lowest BCUT2D eigenvalue weighted by Gasteiger charge is -2.30. The molecule has 0 bridgehead atoms. The molecule has 0 aromatic heterocycles. The van der Waals surface area contributed by atoms with Crippen molar-refractivity contribution in [2.75, 3.05) is 38.6 Å². The van der Waals surface area contributed by atoms with Crippen LogP contribution in [0.4, 0.5) is 5.69 Å². The molecule has 1 aliphatic rings. The van der Waals surface area contributed by atoms with Crippen LogP contribution in [0.25, 0.3) is 0 Å². The van der Waals surface area contributed by atoms with Crippen molar-refractivity contribution >= 4 is 5.69 Å². The molecule has 1 aliphatic heterocycles. The van der Waals surface area contributed by atoms with E-state index in [4.69, 9.17) is 4.74 Å². The lowest BCUT2D eigenvalue weighted by molar-refractivity contribution is 0.199. The van der Waals surface area contributed by atoms with Crippen molar-refractivity contribution in [3.8, 4) is 5.75 Å². The van der Waals surface area contributed by atoms with E-state index in [1.807, 2.05) is 18.2 Å². The van der Waals surface area contributed by atoms with Gasteiger partial charge in [-0.05, 0) is 44.0 Å². The topological polar surface area (TPSA) is 24.5 Å². The molecular formula is C15H24N2O. The van der Waals surface area contributed by atoms with E-state index in [1.165, 1.54) is 25.9 Å². The van der Waals surface area contributed by atoms with Crippen molar-refractivity contribution in [3.63, 3.8) is 0 Å². The number of hydrogen-bond donors (Lipinski definition) is 1. The summed E-state index contributed by atoms with van der Waals surface area (Å²) >= 11 is 0. The Morgan fingerprint density at radius 3 is 2.72 bits per heavy atom. The number of nitrogens with zero attached hydrogens (tertiary/aromatic N) is 1. The SMILES string of the molecule is COc1ccccc1NCCN1CCC(C)CC1. The molecule has 0 aliphatic carbocycles. The predicted molar refractivity (Wildman–Crippen MR) is 76.3 cm³/mol. The van der Waals surface area contributed by atoms with Crippen LogP contribution in [0.15, 0.2) is 24.3 Å². The van der Waals surface area contributed by atoms with E-state index in [1.54, 1.807) is 7.11 Å². The summed E-state index contributed by atoms with van der Waals surface area (Å²) < 4.78 is 5.33. The highest BCUT2D eigenvalue weighted by Crippen LogP contribution is 2.22. The smallest absolute Gasteiger partial charge is 0.141 e. The highest BCUT2D eigenvalue weighted by molar-refractivity contribution is 5.56. The second kappa shape index (κ2) is 6.64. The number of hydrogen-bond acceptors (Lipinski definition) is 3. The fraction of sp³-hybridized carbons (Fsp3) is 0.600. The molecule has 0 amide bonds. The van der Waals surface area contributed by atoms with Gasteiger partial charge in [0.15, 0.2) is 0 Å². The Kier molecular flexibility index (Phi) is 4.88. The second-order valence-electron chi connectivity index (χ2n) is 5.15. The van der Waals surface area contributed by atoms with Crippen LogP contribution in [-0.2, 0) is 0 Å². The van der Waals surface area contributed by atoms with Crippen molar-refractivity contribution in [2.45, 2.75) is 19.8 Å². The van der Waals surface area contributed by atoms with Crippen LogP contribution >= 0.6 is 0 Å². The Morgan fingerprint density at radius 1 is 1.28 bits per heavy atom. The van der Waals surface area contributed by atoms with Crippen molar-refractivity contribution in [1.29, 1.82) is 0 Å². The summed E-state index contributed by atoms with van der Waals surface area (Å²) in [6.45, 7) is 6.94. The van der Waals surface area contributed by atoms with Crippen molar-refractivity contribution in [3.05, 3.63) is 24.3 Å². The van der Waals surface area contributed by atoms with E-state index < -0.39 is 0 Å². The molecule has 0 spiro atoms. The molecule has 100 valence electrons. The lowest BCUT2D eigenvalue weighted by Crippen LogP contribution is -2.36. The molecule has 3 heteroatoms. The first-order valence-corrected chi connectivity index (χ1v) is 6.89. The highest BCUT2D eigenvalue weighted by Gasteiger charge is 2.14. The number of para-hydroxylation sites is 2. The molecule has 3 nitrogen and oxygen atoms in total. The molecule has 18 heavy (non-hydrogen) atoms. The Hall–Kier alpha value is -1.22. The fourth-order valence-corrected chi connectivity index (χ4v) is 2.43. The standard InChI is InChI=1S/C15H24N2O/c1-13-7-10-17(11-8-13)12-9-16-14-5-3-4-6-15(14)18-2/h3-6,13,16H,7-12H2,1-2H3. The van der Waals surface area contributed by atoms with Gasteiger partial charge in [0, 0.05) is 13.1 Å². The summed E-state index contributed by atoms with van der Waals surface area (Å²) in [7, 11) is 1.71. The summed E-state index contributed by atoms with van der Waals surface area (Å²) in [5.41, 5.74) is 1.09. The molecule has 0 unspecified atom stereocenters. The summed E-state index contributed by atoms with van der Waals surface area (Å²) in [4.78, 5) is 2.54. The van der Waals surface area contributed by atoms with Crippen LogP contribution in [0, 0.1) is 5.92 Å². The van der Waals surface area contributed by atoms with Gasteiger partial charge >= 0.3 is 0 Å². The number of likely N-dealkylation sites (tertiary alicyclic amines) is 1. The van der Waals surface area contributed by atoms with E-state index in [2.05, 4.69) is 23.2 Å². The van der Waals surface area contributed by atoms with Crippen LogP contribution in [-0.4, -0.2) is 38.2 Å². The number of anilines is 1. The van der Waals surface area contributed by atoms with Gasteiger partial charge in [0.2, 0.25) is 0 Å². The Balaban J connectivity index is 1.75. The Labute approximate surface area is 110 Å². The summed E-state index contributed by atoms with van der Waals surface area (Å²) in [5.74, 6) is 1.83. The molecule has 1 saturated heterocycles. The second-order valence-corrected chi connectivity index (χ2v) is 5.15. The van der Waals surface area contributed by atoms with Gasteiger partial charge in [0.1, 0.15) is 5.75 Å². The van der Waals surface area contributed by atoms with E-state index in [9.17, 15) is 0 Å². The zero-order chi connectivity index (χ0) is 12.8. The minimum atomic E-state index is 0.906. The first-order valence-electron chi connectivity index (χ1n) is 6.89. The van der Waals surface area contributed by atoms with Crippen molar-refractivity contribution in [2.24, 2.45) is 5.92 Å². The first-order chi connectivity index (χ1) is 8.79. The number of methoxy groups -OCH3 is 1. The molecule has 1 fully saturated rings. The van der Waals surface area contributed by atoms with Gasteiger partial charge in [-0.2, -0.15) is 0 Å². The first kappa shape index (κ1) is 13.2. The maximum Gasteiger partial charge on any atom is 0.141 e. The van der Waals surface area contributed by atoms with Crippen molar-refractivity contribution < 1.29 is 4.74 Å². The number of piperidine rings is 1. The third-order valence-electron chi connectivity index (χ3n) is 3.73. The largest absolute Gasteiger partial charge is 0.495 e. The Morgan fingerprint density at radius 2 is 2.00 bits per heavy atom. The normalized spacial score (nSPS) is 17.7. The zero-order valence-corrected chi connectivity index (χ0v) is 11.5. The van der Waals surface area contributed by atoms with E-state index in [0.717, 1.165) is 30.4 Å². The minimum Gasteiger partial charge on any atom is -0.495 e. The number of benzene rings is 1. The van der Waals surface area contributed by atoms with E-state index >= 15 is 0 Å². The van der Waals surface area contributed by atoms with Crippen LogP contribution < -0.4 is 10.1 Å². The Bertz CT molecular complexity index is 359. The lowest BCUT2D eigenvalue weighted by atomic mass is 9.99. The third-order valence-corrected chi connectivity index (χ3v) is 3.73. The maximum atomic E-state index is 5.33. The maximum absolute atomic E-state index is 5.33. The van der Waals surface area contributed by atoms with Gasteiger partial charge in [-0.1, -0.05) is 19.1 Å². The third kappa shape index (κ3) is 3.64. The summed E-state index contributed by atoms with van der Waals surface area (Å²) in [6.07, 6.45) is 2.68. The molecule has 1 aromatic carbocycles. The summed E-state index contributed by atoms with van der Waals surface area (Å²) in [5, 5.41) is 3.46. The molecule has 1 aromatic rings. The van der Waals surface area contributed by atoms with Gasteiger partial charge in [0.25, 0.3) is 0 Å². The van der Waals surface area contributed by atoms with Crippen LogP contribution in [0.3, 0.4) is 0 Å².